The smallest absolute Gasteiger partial charge is 0.165 e. The van der Waals surface area contributed by atoms with Crippen LogP contribution >= 0.6 is 0 Å². The Bertz CT molecular complexity index is 437. The van der Waals surface area contributed by atoms with E-state index in [1.807, 2.05) is 6.07 Å². The second-order valence-corrected chi connectivity index (χ2v) is 5.53. The van der Waals surface area contributed by atoms with Crippen LogP contribution < -0.4 is 14.8 Å². The molecule has 2 atom stereocenters. The first-order valence-electron chi connectivity index (χ1n) is 7.50. The van der Waals surface area contributed by atoms with Gasteiger partial charge in [-0.2, -0.15) is 0 Å². The Morgan fingerprint density at radius 2 is 2.25 bits per heavy atom. The van der Waals surface area contributed by atoms with E-state index in [4.69, 9.17) is 14.2 Å². The first-order chi connectivity index (χ1) is 9.88. The topological polar surface area (TPSA) is 39.7 Å². The fourth-order valence-corrected chi connectivity index (χ4v) is 3.03. The number of piperidine rings is 1. The summed E-state index contributed by atoms with van der Waals surface area (Å²) in [5.74, 6) is 2.26. The summed E-state index contributed by atoms with van der Waals surface area (Å²) in [6.45, 7) is 3.61. The number of benzene rings is 1. The lowest BCUT2D eigenvalue weighted by molar-refractivity contribution is 0.137. The molecule has 3 rings (SSSR count). The van der Waals surface area contributed by atoms with Crippen molar-refractivity contribution in [3.8, 4) is 11.5 Å². The molecular weight excluding hydrogens is 254 g/mol. The van der Waals surface area contributed by atoms with E-state index >= 15 is 0 Å². The largest absolute Gasteiger partial charge is 0.493 e. The Morgan fingerprint density at radius 1 is 1.30 bits per heavy atom. The minimum absolute atomic E-state index is 0.154. The van der Waals surface area contributed by atoms with Crippen LogP contribution in [0.4, 0.5) is 0 Å². The van der Waals surface area contributed by atoms with Crippen molar-refractivity contribution >= 4 is 0 Å². The molecule has 1 N–H and O–H groups in total. The predicted octanol–water partition coefficient (Wildman–Crippen LogP) is 2.33. The van der Waals surface area contributed by atoms with Gasteiger partial charge < -0.3 is 19.5 Å². The average molecular weight is 277 g/mol. The molecule has 0 aromatic heterocycles. The molecule has 2 saturated heterocycles. The van der Waals surface area contributed by atoms with Crippen LogP contribution in [0.25, 0.3) is 0 Å². The van der Waals surface area contributed by atoms with Crippen molar-refractivity contribution in [3.63, 3.8) is 0 Å². The Morgan fingerprint density at radius 3 is 2.95 bits per heavy atom. The van der Waals surface area contributed by atoms with Crippen molar-refractivity contribution in [2.45, 2.75) is 31.3 Å². The van der Waals surface area contributed by atoms with Crippen molar-refractivity contribution in [2.75, 3.05) is 33.4 Å². The number of rotatable bonds is 4. The molecule has 1 aromatic carbocycles. The maximum absolute atomic E-state index is 6.20. The van der Waals surface area contributed by atoms with Crippen LogP contribution in [0.5, 0.6) is 11.5 Å². The van der Waals surface area contributed by atoms with Gasteiger partial charge in [0.05, 0.1) is 20.3 Å². The minimum atomic E-state index is 0.154. The number of para-hydroxylation sites is 1. The van der Waals surface area contributed by atoms with E-state index in [2.05, 4.69) is 17.4 Å². The fraction of sp³-hybridized carbons (Fsp3) is 0.625. The molecule has 0 spiro atoms. The number of nitrogens with one attached hydrogen (secondary N) is 1. The number of ether oxygens (including phenoxy) is 3. The van der Waals surface area contributed by atoms with Gasteiger partial charge in [-0.3, -0.25) is 0 Å². The maximum atomic E-state index is 6.20. The molecule has 20 heavy (non-hydrogen) atoms. The van der Waals surface area contributed by atoms with Crippen LogP contribution in [0.3, 0.4) is 0 Å². The highest BCUT2D eigenvalue weighted by Crippen LogP contribution is 2.39. The van der Waals surface area contributed by atoms with Crippen molar-refractivity contribution < 1.29 is 14.2 Å². The Balaban J connectivity index is 1.86. The molecule has 0 saturated carbocycles. The molecule has 4 nitrogen and oxygen atoms in total. The molecule has 2 aliphatic rings. The molecule has 0 amide bonds. The third kappa shape index (κ3) is 2.91. The number of hydrogen-bond acceptors (Lipinski definition) is 4. The monoisotopic (exact) mass is 277 g/mol. The molecule has 2 aliphatic heterocycles. The van der Waals surface area contributed by atoms with Crippen LogP contribution in [-0.4, -0.2) is 39.5 Å². The highest BCUT2D eigenvalue weighted by atomic mass is 16.6. The van der Waals surface area contributed by atoms with E-state index in [9.17, 15) is 0 Å². The van der Waals surface area contributed by atoms with Gasteiger partial charge in [-0.15, -0.1) is 0 Å². The normalized spacial score (nSPS) is 26.4. The van der Waals surface area contributed by atoms with E-state index in [0.29, 0.717) is 12.5 Å². The lowest BCUT2D eigenvalue weighted by atomic mass is 9.90. The average Bonchev–Trinajstić information content (AvgIpc) is 3.01. The molecule has 2 heterocycles. The molecular formula is C16H23NO3. The molecule has 2 unspecified atom stereocenters. The summed E-state index contributed by atoms with van der Waals surface area (Å²) in [5.41, 5.74) is 1.27. The number of methoxy groups -OCH3 is 1. The van der Waals surface area contributed by atoms with Gasteiger partial charge in [-0.25, -0.2) is 0 Å². The van der Waals surface area contributed by atoms with Crippen LogP contribution in [-0.2, 0) is 4.74 Å². The highest BCUT2D eigenvalue weighted by Gasteiger charge is 2.25. The van der Waals surface area contributed by atoms with Gasteiger partial charge in [0.25, 0.3) is 0 Å². The molecule has 1 aromatic rings. The zero-order valence-electron chi connectivity index (χ0n) is 12.1. The van der Waals surface area contributed by atoms with E-state index in [0.717, 1.165) is 37.6 Å². The first kappa shape index (κ1) is 13.7. The second-order valence-electron chi connectivity index (χ2n) is 5.53. The van der Waals surface area contributed by atoms with E-state index < -0.39 is 0 Å². The van der Waals surface area contributed by atoms with Gasteiger partial charge in [0, 0.05) is 24.4 Å². The van der Waals surface area contributed by atoms with Crippen LogP contribution in [0.1, 0.15) is 30.7 Å². The lowest BCUT2D eigenvalue weighted by Gasteiger charge is -2.27. The Kier molecular flexibility index (Phi) is 4.43. The van der Waals surface area contributed by atoms with Crippen molar-refractivity contribution in [2.24, 2.45) is 0 Å². The standard InChI is InChI=1S/C16H23NO3/c1-18-15-6-2-5-14(12-4-3-8-17-10-12)16(15)20-13-7-9-19-11-13/h2,5-6,12-13,17H,3-4,7-11H2,1H3. The molecule has 0 radical (unpaired) electrons. The van der Waals surface area contributed by atoms with Gasteiger partial charge in [0.15, 0.2) is 11.5 Å². The molecule has 0 aliphatic carbocycles. The summed E-state index contributed by atoms with van der Waals surface area (Å²) >= 11 is 0. The van der Waals surface area contributed by atoms with Gasteiger partial charge >= 0.3 is 0 Å². The van der Waals surface area contributed by atoms with Gasteiger partial charge in [0.2, 0.25) is 0 Å². The summed E-state index contributed by atoms with van der Waals surface area (Å²) in [6, 6.07) is 6.21. The van der Waals surface area contributed by atoms with Gasteiger partial charge in [0.1, 0.15) is 6.10 Å². The Hall–Kier alpha value is -1.26. The predicted molar refractivity (Wildman–Crippen MR) is 77.7 cm³/mol. The Labute approximate surface area is 120 Å². The van der Waals surface area contributed by atoms with E-state index in [1.165, 1.54) is 18.4 Å². The molecule has 110 valence electrons. The van der Waals surface area contributed by atoms with E-state index in [-0.39, 0.29) is 6.10 Å². The summed E-state index contributed by atoms with van der Waals surface area (Å²) in [4.78, 5) is 0. The quantitative estimate of drug-likeness (QED) is 0.917. The van der Waals surface area contributed by atoms with Crippen molar-refractivity contribution in [1.29, 1.82) is 0 Å². The summed E-state index contributed by atoms with van der Waals surface area (Å²) in [5, 5.41) is 3.47. The van der Waals surface area contributed by atoms with Crippen LogP contribution in [0.2, 0.25) is 0 Å². The van der Waals surface area contributed by atoms with Crippen molar-refractivity contribution in [1.82, 2.24) is 5.32 Å². The van der Waals surface area contributed by atoms with E-state index in [1.54, 1.807) is 7.11 Å². The van der Waals surface area contributed by atoms with Gasteiger partial charge in [-0.1, -0.05) is 12.1 Å². The third-order valence-electron chi connectivity index (χ3n) is 4.14. The zero-order valence-corrected chi connectivity index (χ0v) is 12.1. The first-order valence-corrected chi connectivity index (χ1v) is 7.50. The summed E-state index contributed by atoms with van der Waals surface area (Å²) in [6.07, 6.45) is 3.54. The third-order valence-corrected chi connectivity index (χ3v) is 4.14. The highest BCUT2D eigenvalue weighted by molar-refractivity contribution is 5.48. The molecule has 0 bridgehead atoms. The maximum Gasteiger partial charge on any atom is 0.165 e. The van der Waals surface area contributed by atoms with Crippen LogP contribution in [0.15, 0.2) is 18.2 Å². The summed E-state index contributed by atoms with van der Waals surface area (Å²) < 4.78 is 17.1. The fourth-order valence-electron chi connectivity index (χ4n) is 3.03. The minimum Gasteiger partial charge on any atom is -0.493 e. The SMILES string of the molecule is COc1cccc(C2CCCNC2)c1OC1CCOC1. The molecule has 4 heteroatoms. The molecule has 2 fully saturated rings. The van der Waals surface area contributed by atoms with Crippen molar-refractivity contribution in [3.05, 3.63) is 23.8 Å². The van der Waals surface area contributed by atoms with Crippen LogP contribution in [0, 0.1) is 0 Å². The zero-order chi connectivity index (χ0) is 13.8. The number of hydrogen-bond donors (Lipinski definition) is 1. The van der Waals surface area contributed by atoms with Gasteiger partial charge in [-0.05, 0) is 25.5 Å². The lowest BCUT2D eigenvalue weighted by Crippen LogP contribution is -2.29. The summed E-state index contributed by atoms with van der Waals surface area (Å²) in [7, 11) is 1.70. The second kappa shape index (κ2) is 6.46.